The van der Waals surface area contributed by atoms with Gasteiger partial charge in [-0.1, -0.05) is 0 Å². The van der Waals surface area contributed by atoms with E-state index in [9.17, 15) is 0 Å². The van der Waals surface area contributed by atoms with E-state index < -0.39 is 0 Å². The van der Waals surface area contributed by atoms with Gasteiger partial charge in [0, 0.05) is 11.1 Å². The van der Waals surface area contributed by atoms with E-state index in [1.54, 1.807) is 18.2 Å². The van der Waals surface area contributed by atoms with Gasteiger partial charge in [-0.2, -0.15) is 4.98 Å². The first-order valence-electron chi connectivity index (χ1n) is 3.75. The van der Waals surface area contributed by atoms with E-state index in [0.29, 0.717) is 17.0 Å². The van der Waals surface area contributed by atoms with Crippen molar-refractivity contribution >= 4 is 40.8 Å². The lowest BCUT2D eigenvalue weighted by molar-refractivity contribution is 1.25. The molecule has 0 spiro atoms. The molecule has 0 aliphatic heterocycles. The van der Waals surface area contributed by atoms with Gasteiger partial charge < -0.3 is 17.2 Å². The van der Waals surface area contributed by atoms with Gasteiger partial charge in [-0.05, 0) is 18.2 Å². The summed E-state index contributed by atoms with van der Waals surface area (Å²) in [6.07, 6.45) is 0. The van der Waals surface area contributed by atoms with Crippen molar-refractivity contribution in [3.05, 3.63) is 18.2 Å². The fourth-order valence-corrected chi connectivity index (χ4v) is 1.19. The molecule has 6 heteroatoms. The molecule has 1 heterocycles. The predicted molar refractivity (Wildman–Crippen MR) is 60.0 cm³/mol. The quantitative estimate of drug-likeness (QED) is 0.559. The highest BCUT2D eigenvalue weighted by molar-refractivity contribution is 5.90. The van der Waals surface area contributed by atoms with Crippen LogP contribution in [0.2, 0.25) is 0 Å². The summed E-state index contributed by atoms with van der Waals surface area (Å²) in [4.78, 5) is 7.84. The lowest BCUT2D eigenvalue weighted by Crippen LogP contribution is -2.00. The summed E-state index contributed by atoms with van der Waals surface area (Å²) in [6.45, 7) is 0. The Morgan fingerprint density at radius 1 is 1.00 bits per heavy atom. The van der Waals surface area contributed by atoms with E-state index in [1.807, 2.05) is 0 Å². The Labute approximate surface area is 86.7 Å². The summed E-state index contributed by atoms with van der Waals surface area (Å²) in [7, 11) is 0. The Kier molecular flexibility index (Phi) is 2.62. The largest absolute Gasteiger partial charge is 0.399 e. The molecule has 0 fully saturated rings. The minimum atomic E-state index is 0. The van der Waals surface area contributed by atoms with Gasteiger partial charge in [0.15, 0.2) is 0 Å². The topological polar surface area (TPSA) is 104 Å². The molecule has 0 radical (unpaired) electrons. The number of anilines is 3. The van der Waals surface area contributed by atoms with E-state index in [2.05, 4.69) is 9.97 Å². The molecule has 0 bridgehead atoms. The van der Waals surface area contributed by atoms with Crippen molar-refractivity contribution in [2.45, 2.75) is 0 Å². The molecular formula is C8H10ClN5. The number of nitrogens with two attached hydrogens (primary N) is 3. The van der Waals surface area contributed by atoms with Crippen LogP contribution in [0.3, 0.4) is 0 Å². The molecule has 5 nitrogen and oxygen atoms in total. The van der Waals surface area contributed by atoms with Crippen molar-refractivity contribution in [3.63, 3.8) is 0 Å². The van der Waals surface area contributed by atoms with Crippen LogP contribution < -0.4 is 17.2 Å². The zero-order chi connectivity index (χ0) is 9.42. The third-order valence-corrected chi connectivity index (χ3v) is 1.77. The minimum Gasteiger partial charge on any atom is -0.399 e. The van der Waals surface area contributed by atoms with Crippen LogP contribution in [0.1, 0.15) is 0 Å². The second kappa shape index (κ2) is 3.55. The van der Waals surface area contributed by atoms with Gasteiger partial charge in [0.25, 0.3) is 0 Å². The van der Waals surface area contributed by atoms with Gasteiger partial charge in [0.05, 0.1) is 5.52 Å². The van der Waals surface area contributed by atoms with Crippen LogP contribution in [0.25, 0.3) is 10.9 Å². The number of fused-ring (bicyclic) bond motifs is 1. The fraction of sp³-hybridized carbons (Fsp3) is 0. The number of rotatable bonds is 0. The Bertz CT molecular complexity index is 465. The lowest BCUT2D eigenvalue weighted by Gasteiger charge is -2.02. The number of hydrogen-bond donors (Lipinski definition) is 3. The first-order chi connectivity index (χ1) is 6.16. The van der Waals surface area contributed by atoms with Crippen LogP contribution in [0.15, 0.2) is 18.2 Å². The normalized spacial score (nSPS) is 9.71. The van der Waals surface area contributed by atoms with Gasteiger partial charge >= 0.3 is 0 Å². The van der Waals surface area contributed by atoms with Crippen LogP contribution in [0.4, 0.5) is 17.5 Å². The average Bonchev–Trinajstić information content (AvgIpc) is 2.02. The van der Waals surface area contributed by atoms with Crippen LogP contribution in [0, 0.1) is 0 Å². The van der Waals surface area contributed by atoms with E-state index in [-0.39, 0.29) is 18.4 Å². The second-order valence-electron chi connectivity index (χ2n) is 2.74. The van der Waals surface area contributed by atoms with Gasteiger partial charge in [-0.3, -0.25) is 0 Å². The Balaban J connectivity index is 0.000000980. The van der Waals surface area contributed by atoms with Crippen molar-refractivity contribution in [1.82, 2.24) is 9.97 Å². The number of aromatic nitrogens is 2. The van der Waals surface area contributed by atoms with E-state index in [4.69, 9.17) is 17.2 Å². The van der Waals surface area contributed by atoms with E-state index >= 15 is 0 Å². The molecule has 2 aromatic rings. The van der Waals surface area contributed by atoms with Crippen molar-refractivity contribution in [3.8, 4) is 0 Å². The summed E-state index contributed by atoms with van der Waals surface area (Å²) < 4.78 is 0. The molecule has 0 amide bonds. The summed E-state index contributed by atoms with van der Waals surface area (Å²) in [5.41, 5.74) is 17.9. The zero-order valence-corrected chi connectivity index (χ0v) is 8.08. The lowest BCUT2D eigenvalue weighted by atomic mass is 10.2. The smallest absolute Gasteiger partial charge is 0.222 e. The molecule has 1 aromatic heterocycles. The first-order valence-corrected chi connectivity index (χ1v) is 3.75. The average molecular weight is 212 g/mol. The Hall–Kier alpha value is -1.75. The molecule has 0 unspecified atom stereocenters. The molecule has 2 rings (SSSR count). The Morgan fingerprint density at radius 2 is 1.71 bits per heavy atom. The highest BCUT2D eigenvalue weighted by Gasteiger charge is 2.02. The maximum Gasteiger partial charge on any atom is 0.222 e. The molecule has 0 saturated carbocycles. The molecular weight excluding hydrogens is 202 g/mol. The van der Waals surface area contributed by atoms with Gasteiger partial charge in [0.1, 0.15) is 5.82 Å². The summed E-state index contributed by atoms with van der Waals surface area (Å²) in [5, 5.41) is 0.767. The van der Waals surface area contributed by atoms with Crippen LogP contribution in [-0.2, 0) is 0 Å². The third-order valence-electron chi connectivity index (χ3n) is 1.77. The third kappa shape index (κ3) is 1.62. The van der Waals surface area contributed by atoms with Crippen LogP contribution in [0.5, 0.6) is 0 Å². The van der Waals surface area contributed by atoms with Gasteiger partial charge in [-0.15, -0.1) is 12.4 Å². The molecule has 0 aliphatic carbocycles. The van der Waals surface area contributed by atoms with Gasteiger partial charge in [0.2, 0.25) is 5.95 Å². The first kappa shape index (κ1) is 10.3. The van der Waals surface area contributed by atoms with Crippen LogP contribution in [-0.4, -0.2) is 9.97 Å². The second-order valence-corrected chi connectivity index (χ2v) is 2.74. The molecule has 74 valence electrons. The number of nitrogen functional groups attached to an aromatic ring is 3. The minimum absolute atomic E-state index is 0. The molecule has 6 N–H and O–H groups in total. The number of hydrogen-bond acceptors (Lipinski definition) is 5. The highest BCUT2D eigenvalue weighted by atomic mass is 35.5. The zero-order valence-electron chi connectivity index (χ0n) is 7.27. The van der Waals surface area contributed by atoms with Crippen molar-refractivity contribution in [2.75, 3.05) is 17.2 Å². The summed E-state index contributed by atoms with van der Waals surface area (Å²) in [6, 6.07) is 5.24. The van der Waals surface area contributed by atoms with E-state index in [1.165, 1.54) is 0 Å². The monoisotopic (exact) mass is 211 g/mol. The number of halogens is 1. The molecule has 14 heavy (non-hydrogen) atoms. The van der Waals surface area contributed by atoms with Crippen molar-refractivity contribution < 1.29 is 0 Å². The molecule has 0 aliphatic rings. The molecule has 0 saturated heterocycles. The standard InChI is InChI=1S/C8H9N5.ClH/c9-4-1-2-5-6(3-4)12-8(11)13-7(5)10;/h1-3H,9H2,(H4,10,11,12,13);1H. The number of benzene rings is 1. The summed E-state index contributed by atoms with van der Waals surface area (Å²) >= 11 is 0. The van der Waals surface area contributed by atoms with Crippen molar-refractivity contribution in [1.29, 1.82) is 0 Å². The maximum absolute atomic E-state index is 5.64. The molecule has 1 aromatic carbocycles. The fourth-order valence-electron chi connectivity index (χ4n) is 1.19. The highest BCUT2D eigenvalue weighted by Crippen LogP contribution is 2.20. The SMILES string of the molecule is Cl.Nc1ccc2c(N)nc(N)nc2c1. The Morgan fingerprint density at radius 3 is 2.43 bits per heavy atom. The predicted octanol–water partition coefficient (Wildman–Crippen LogP) is 0.798. The number of nitrogens with zero attached hydrogens (tertiary/aromatic N) is 2. The van der Waals surface area contributed by atoms with Crippen molar-refractivity contribution in [2.24, 2.45) is 0 Å². The van der Waals surface area contributed by atoms with Crippen LogP contribution >= 0.6 is 12.4 Å². The van der Waals surface area contributed by atoms with Gasteiger partial charge in [-0.25, -0.2) is 4.98 Å². The van der Waals surface area contributed by atoms with E-state index in [0.717, 1.165) is 5.39 Å². The summed E-state index contributed by atoms with van der Waals surface area (Å²) in [5.74, 6) is 0.540. The maximum atomic E-state index is 5.64. The molecule has 0 atom stereocenters.